The molecule has 7 heteroatoms. The zero-order chi connectivity index (χ0) is 22.9. The summed E-state index contributed by atoms with van der Waals surface area (Å²) in [5.41, 5.74) is 10.8. The molecule has 0 saturated carbocycles. The standard InChI is InChI=1S/C26H25N5O2/c1-16(2)18-9-8-17-12-13-31-26(29-21(17)14-18)23(25(27)32)24(30-31)19-10-11-22(28-15-19)33-20-6-4-3-5-7-20/h3-11,14-16,29H,12-13H2,1-2H3,(H2,27,32). The number of primary amides is 1. The maximum Gasteiger partial charge on any atom is 0.254 e. The molecule has 2 aromatic carbocycles. The van der Waals surface area contributed by atoms with Crippen LogP contribution in [0.15, 0.2) is 66.9 Å². The van der Waals surface area contributed by atoms with E-state index in [1.165, 1.54) is 11.1 Å². The van der Waals surface area contributed by atoms with Crippen molar-refractivity contribution in [3.63, 3.8) is 0 Å². The smallest absolute Gasteiger partial charge is 0.254 e. The number of fused-ring (bicyclic) bond motifs is 2. The highest BCUT2D eigenvalue weighted by molar-refractivity contribution is 6.04. The minimum atomic E-state index is -0.535. The van der Waals surface area contributed by atoms with Crippen molar-refractivity contribution >= 4 is 17.4 Å². The molecule has 0 bridgehead atoms. The van der Waals surface area contributed by atoms with Gasteiger partial charge in [-0.2, -0.15) is 5.10 Å². The number of carbonyl (C=O) groups is 1. The van der Waals surface area contributed by atoms with E-state index < -0.39 is 5.91 Å². The van der Waals surface area contributed by atoms with Crippen LogP contribution in [-0.4, -0.2) is 20.7 Å². The molecule has 1 aliphatic heterocycles. The molecule has 5 rings (SSSR count). The number of amides is 1. The van der Waals surface area contributed by atoms with Gasteiger partial charge in [0.05, 0.1) is 0 Å². The Kier molecular flexibility index (Phi) is 5.30. The van der Waals surface area contributed by atoms with Crippen molar-refractivity contribution < 1.29 is 9.53 Å². The van der Waals surface area contributed by atoms with E-state index in [0.29, 0.717) is 46.7 Å². The molecule has 0 spiro atoms. The van der Waals surface area contributed by atoms with E-state index in [9.17, 15) is 4.79 Å². The summed E-state index contributed by atoms with van der Waals surface area (Å²) in [7, 11) is 0. The van der Waals surface area contributed by atoms with Crippen LogP contribution >= 0.6 is 0 Å². The lowest BCUT2D eigenvalue weighted by atomic mass is 9.99. The van der Waals surface area contributed by atoms with Gasteiger partial charge >= 0.3 is 0 Å². The number of rotatable bonds is 5. The van der Waals surface area contributed by atoms with Gasteiger partial charge in [0, 0.05) is 30.1 Å². The van der Waals surface area contributed by atoms with Gasteiger partial charge in [-0.1, -0.05) is 44.2 Å². The molecule has 0 unspecified atom stereocenters. The molecule has 0 saturated heterocycles. The summed E-state index contributed by atoms with van der Waals surface area (Å²) in [6.07, 6.45) is 2.45. The Bertz CT molecular complexity index is 1310. The van der Waals surface area contributed by atoms with E-state index in [-0.39, 0.29) is 0 Å². The highest BCUT2D eigenvalue weighted by atomic mass is 16.5. The highest BCUT2D eigenvalue weighted by Gasteiger charge is 2.26. The number of nitrogens with one attached hydrogen (secondary N) is 1. The van der Waals surface area contributed by atoms with Crippen LogP contribution < -0.4 is 15.8 Å². The Balaban J connectivity index is 1.50. The van der Waals surface area contributed by atoms with Gasteiger partial charge in [-0.15, -0.1) is 0 Å². The molecule has 3 N–H and O–H groups in total. The molecular weight excluding hydrogens is 414 g/mol. The monoisotopic (exact) mass is 439 g/mol. The molecule has 3 heterocycles. The minimum Gasteiger partial charge on any atom is -0.439 e. The summed E-state index contributed by atoms with van der Waals surface area (Å²) in [4.78, 5) is 16.9. The van der Waals surface area contributed by atoms with Crippen molar-refractivity contribution in [2.75, 3.05) is 5.32 Å². The molecule has 0 aliphatic carbocycles. The molecule has 1 aliphatic rings. The first-order valence-electron chi connectivity index (χ1n) is 11.0. The van der Waals surface area contributed by atoms with Gasteiger partial charge in [-0.25, -0.2) is 9.67 Å². The van der Waals surface area contributed by atoms with Crippen molar-refractivity contribution in [3.8, 4) is 22.9 Å². The molecule has 4 aromatic rings. The molecule has 0 radical (unpaired) electrons. The number of hydrogen-bond acceptors (Lipinski definition) is 5. The van der Waals surface area contributed by atoms with Crippen LogP contribution in [0.3, 0.4) is 0 Å². The fraction of sp³-hybridized carbons (Fsp3) is 0.192. The molecular formula is C26H25N5O2. The lowest BCUT2D eigenvalue weighted by molar-refractivity contribution is 0.100. The third-order valence-electron chi connectivity index (χ3n) is 5.82. The fourth-order valence-corrected chi connectivity index (χ4v) is 4.02. The summed E-state index contributed by atoms with van der Waals surface area (Å²) < 4.78 is 7.59. The predicted molar refractivity (Wildman–Crippen MR) is 128 cm³/mol. The average molecular weight is 440 g/mol. The first-order valence-corrected chi connectivity index (χ1v) is 11.0. The first kappa shape index (κ1) is 20.8. The summed E-state index contributed by atoms with van der Waals surface area (Å²) in [6.45, 7) is 4.96. The number of nitrogens with two attached hydrogens (primary N) is 1. The van der Waals surface area contributed by atoms with Gasteiger partial charge < -0.3 is 15.8 Å². The van der Waals surface area contributed by atoms with Gasteiger partial charge in [0.25, 0.3) is 5.91 Å². The summed E-state index contributed by atoms with van der Waals surface area (Å²) in [5.74, 6) is 1.64. The number of pyridine rings is 1. The largest absolute Gasteiger partial charge is 0.439 e. The van der Waals surface area contributed by atoms with E-state index in [2.05, 4.69) is 42.3 Å². The number of benzene rings is 2. The number of carbonyl (C=O) groups excluding carboxylic acids is 1. The number of nitrogens with zero attached hydrogens (tertiary/aromatic N) is 3. The van der Waals surface area contributed by atoms with E-state index in [1.54, 1.807) is 12.3 Å². The van der Waals surface area contributed by atoms with Crippen molar-refractivity contribution in [2.45, 2.75) is 32.7 Å². The number of anilines is 2. The van der Waals surface area contributed by atoms with E-state index in [1.807, 2.05) is 41.1 Å². The second kappa shape index (κ2) is 8.43. The molecule has 2 aromatic heterocycles. The average Bonchev–Trinajstić information content (AvgIpc) is 3.08. The Morgan fingerprint density at radius 2 is 1.94 bits per heavy atom. The van der Waals surface area contributed by atoms with Crippen molar-refractivity contribution in [1.29, 1.82) is 0 Å². The second-order valence-corrected chi connectivity index (χ2v) is 8.41. The van der Waals surface area contributed by atoms with Crippen LogP contribution in [-0.2, 0) is 13.0 Å². The molecule has 0 atom stereocenters. The van der Waals surface area contributed by atoms with E-state index in [4.69, 9.17) is 15.6 Å². The molecule has 7 nitrogen and oxygen atoms in total. The minimum absolute atomic E-state index is 0.358. The number of hydrogen-bond donors (Lipinski definition) is 2. The maximum absolute atomic E-state index is 12.5. The lowest BCUT2D eigenvalue weighted by Crippen LogP contribution is -2.14. The first-order chi connectivity index (χ1) is 16.0. The molecule has 1 amide bonds. The van der Waals surface area contributed by atoms with Gasteiger partial charge in [0.15, 0.2) is 0 Å². The van der Waals surface area contributed by atoms with Crippen molar-refractivity contribution in [2.24, 2.45) is 5.73 Å². The summed E-state index contributed by atoms with van der Waals surface area (Å²) in [6, 6.07) is 19.5. The summed E-state index contributed by atoms with van der Waals surface area (Å²) >= 11 is 0. The van der Waals surface area contributed by atoms with Crippen LogP contribution in [0.1, 0.15) is 41.3 Å². The molecule has 33 heavy (non-hydrogen) atoms. The number of aryl methyl sites for hydroxylation is 2. The Morgan fingerprint density at radius 1 is 1.12 bits per heavy atom. The zero-order valence-corrected chi connectivity index (χ0v) is 18.6. The van der Waals surface area contributed by atoms with Crippen LogP contribution in [0, 0.1) is 0 Å². The quantitative estimate of drug-likeness (QED) is 0.442. The number of aromatic nitrogens is 3. The van der Waals surface area contributed by atoms with Gasteiger partial charge in [-0.05, 0) is 47.7 Å². The van der Waals surface area contributed by atoms with E-state index >= 15 is 0 Å². The van der Waals surface area contributed by atoms with Crippen LogP contribution in [0.5, 0.6) is 11.6 Å². The Morgan fingerprint density at radius 3 is 2.64 bits per heavy atom. The fourth-order valence-electron chi connectivity index (χ4n) is 4.02. The second-order valence-electron chi connectivity index (χ2n) is 8.41. The van der Waals surface area contributed by atoms with Crippen LogP contribution in [0.2, 0.25) is 0 Å². The summed E-state index contributed by atoms with van der Waals surface area (Å²) in [5, 5.41) is 8.17. The van der Waals surface area contributed by atoms with Gasteiger partial charge in [-0.3, -0.25) is 4.79 Å². The molecule has 0 fully saturated rings. The molecule has 166 valence electrons. The van der Waals surface area contributed by atoms with Crippen molar-refractivity contribution in [3.05, 3.63) is 83.6 Å². The van der Waals surface area contributed by atoms with E-state index in [0.717, 1.165) is 12.1 Å². The SMILES string of the molecule is CC(C)c1ccc2c(c1)Nc1c(C(N)=O)c(-c3ccc(Oc4ccccc4)nc3)nn1CC2. The zero-order valence-electron chi connectivity index (χ0n) is 18.6. The van der Waals surface area contributed by atoms with Gasteiger partial charge in [0.1, 0.15) is 22.8 Å². The topological polar surface area (TPSA) is 95.1 Å². The van der Waals surface area contributed by atoms with Crippen molar-refractivity contribution in [1.82, 2.24) is 14.8 Å². The Labute approximate surface area is 192 Å². The number of para-hydroxylation sites is 1. The maximum atomic E-state index is 12.5. The van der Waals surface area contributed by atoms with Crippen LogP contribution in [0.25, 0.3) is 11.3 Å². The third kappa shape index (κ3) is 4.05. The lowest BCUT2D eigenvalue weighted by Gasteiger charge is -2.13. The predicted octanol–water partition coefficient (Wildman–Crippen LogP) is 5.26. The normalized spacial score (nSPS) is 12.5. The third-order valence-corrected chi connectivity index (χ3v) is 5.82. The highest BCUT2D eigenvalue weighted by Crippen LogP contribution is 2.35. The Hall–Kier alpha value is -4.13. The number of ether oxygens (including phenoxy) is 1. The van der Waals surface area contributed by atoms with Crippen LogP contribution in [0.4, 0.5) is 11.5 Å². The van der Waals surface area contributed by atoms with Gasteiger partial charge in [0.2, 0.25) is 5.88 Å².